The van der Waals surface area contributed by atoms with Gasteiger partial charge in [0, 0.05) is 29.7 Å². The first kappa shape index (κ1) is 16.1. The van der Waals surface area contributed by atoms with Gasteiger partial charge in [0.25, 0.3) is 0 Å². The smallest absolute Gasteiger partial charge is 0.0577 e. The Morgan fingerprint density at radius 1 is 1.22 bits per heavy atom. The van der Waals surface area contributed by atoms with Gasteiger partial charge in [-0.2, -0.15) is 0 Å². The first-order valence-corrected chi connectivity index (χ1v) is 8.77. The van der Waals surface area contributed by atoms with E-state index in [9.17, 15) is 4.21 Å². The van der Waals surface area contributed by atoms with Crippen LogP contribution >= 0.6 is 0 Å². The van der Waals surface area contributed by atoms with Crippen molar-refractivity contribution >= 4 is 10.8 Å². The average Bonchev–Trinajstić information content (AvgIpc) is 2.35. The van der Waals surface area contributed by atoms with Crippen molar-refractivity contribution in [3.8, 4) is 0 Å². The summed E-state index contributed by atoms with van der Waals surface area (Å²) in [5, 5.41) is 3.94. The maximum atomic E-state index is 12.4. The molecule has 0 bridgehead atoms. The van der Waals surface area contributed by atoms with Gasteiger partial charge in [-0.3, -0.25) is 4.21 Å². The summed E-state index contributed by atoms with van der Waals surface area (Å²) in [5.74, 6) is 0.686. The van der Waals surface area contributed by atoms with Crippen LogP contribution in [0.2, 0.25) is 0 Å². The van der Waals surface area contributed by atoms with Crippen molar-refractivity contribution in [1.82, 2.24) is 5.32 Å². The van der Waals surface area contributed by atoms with Gasteiger partial charge < -0.3 is 10.1 Å². The third-order valence-electron chi connectivity index (χ3n) is 3.69. The summed E-state index contributed by atoms with van der Waals surface area (Å²) in [4.78, 5) is 0. The van der Waals surface area contributed by atoms with Crippen LogP contribution in [0.5, 0.6) is 0 Å². The van der Waals surface area contributed by atoms with E-state index in [2.05, 4.69) is 12.2 Å². The molecule has 3 nitrogen and oxygen atoms in total. The highest BCUT2D eigenvalue weighted by Crippen LogP contribution is 2.22. The van der Waals surface area contributed by atoms with Crippen LogP contribution in [0.4, 0.5) is 0 Å². The maximum absolute atomic E-state index is 12.4. The Balaban J connectivity index is 2.55. The van der Waals surface area contributed by atoms with Crippen LogP contribution in [-0.2, 0) is 15.5 Å². The molecule has 0 saturated heterocycles. The first-order chi connectivity index (χ1) is 8.79. The monoisotopic (exact) mass is 275 g/mol. The lowest BCUT2D eigenvalue weighted by Crippen LogP contribution is -2.44. The van der Waals surface area contributed by atoms with Crippen LogP contribution in [0.1, 0.15) is 51.9 Å². The standard InChI is InChI=1S/C14H29NO2S/c1-3-10-15-13-8-6-4-5-7-9-14(13)18(16)12-11-17-2/h13-15H,3-12H2,1-2H3. The average molecular weight is 275 g/mol. The number of ether oxygens (including phenoxy) is 1. The fraction of sp³-hybridized carbons (Fsp3) is 1.00. The topological polar surface area (TPSA) is 38.3 Å². The van der Waals surface area contributed by atoms with Crippen molar-refractivity contribution in [2.24, 2.45) is 0 Å². The van der Waals surface area contributed by atoms with Gasteiger partial charge in [0.15, 0.2) is 0 Å². The van der Waals surface area contributed by atoms with Crippen molar-refractivity contribution in [2.75, 3.05) is 26.0 Å². The number of methoxy groups -OCH3 is 1. The molecule has 1 aliphatic carbocycles. The molecule has 0 amide bonds. The number of rotatable bonds is 7. The molecule has 1 rings (SSSR count). The molecule has 1 fully saturated rings. The lowest BCUT2D eigenvalue weighted by Gasteiger charge is -2.29. The summed E-state index contributed by atoms with van der Waals surface area (Å²) in [5.41, 5.74) is 0. The quantitative estimate of drug-likeness (QED) is 0.776. The van der Waals surface area contributed by atoms with Gasteiger partial charge in [-0.05, 0) is 25.8 Å². The van der Waals surface area contributed by atoms with Crippen LogP contribution in [0.25, 0.3) is 0 Å². The van der Waals surface area contributed by atoms with Crippen molar-refractivity contribution in [3.63, 3.8) is 0 Å². The summed E-state index contributed by atoms with van der Waals surface area (Å²) >= 11 is 0. The minimum atomic E-state index is -0.746. The summed E-state index contributed by atoms with van der Waals surface area (Å²) in [6.07, 6.45) is 8.59. The van der Waals surface area contributed by atoms with Crippen molar-refractivity contribution in [1.29, 1.82) is 0 Å². The van der Waals surface area contributed by atoms with Crippen molar-refractivity contribution in [2.45, 2.75) is 63.2 Å². The first-order valence-electron chi connectivity index (χ1n) is 7.39. The van der Waals surface area contributed by atoms with E-state index in [1.54, 1.807) is 7.11 Å². The molecule has 1 saturated carbocycles. The van der Waals surface area contributed by atoms with E-state index >= 15 is 0 Å². The van der Waals surface area contributed by atoms with Crippen LogP contribution in [0.15, 0.2) is 0 Å². The number of nitrogens with one attached hydrogen (secondary N) is 1. The third kappa shape index (κ3) is 5.81. The third-order valence-corrected chi connectivity index (χ3v) is 5.49. The van der Waals surface area contributed by atoms with Crippen LogP contribution in [0, 0.1) is 0 Å². The summed E-state index contributed by atoms with van der Waals surface area (Å²) in [7, 11) is 0.936. The predicted octanol–water partition coefficient (Wildman–Crippen LogP) is 2.47. The second-order valence-electron chi connectivity index (χ2n) is 5.17. The van der Waals surface area contributed by atoms with E-state index in [0.29, 0.717) is 23.7 Å². The summed E-state index contributed by atoms with van der Waals surface area (Å²) in [6.45, 7) is 3.85. The molecule has 0 aromatic rings. The zero-order chi connectivity index (χ0) is 13.2. The molecule has 0 aromatic carbocycles. The molecule has 1 N–H and O–H groups in total. The molecule has 0 aromatic heterocycles. The summed E-state index contributed by atoms with van der Waals surface area (Å²) in [6, 6.07) is 0.447. The highest BCUT2D eigenvalue weighted by Gasteiger charge is 2.26. The SMILES string of the molecule is CCCNC1CCCCCCC1S(=O)CCOC. The molecule has 0 spiro atoms. The van der Waals surface area contributed by atoms with E-state index in [-0.39, 0.29) is 0 Å². The zero-order valence-corrected chi connectivity index (χ0v) is 12.8. The second-order valence-corrected chi connectivity index (χ2v) is 6.94. The molecular weight excluding hydrogens is 246 g/mol. The van der Waals surface area contributed by atoms with Gasteiger partial charge in [-0.15, -0.1) is 0 Å². The lowest BCUT2D eigenvalue weighted by molar-refractivity contribution is 0.217. The molecule has 0 heterocycles. The van der Waals surface area contributed by atoms with Gasteiger partial charge in [-0.1, -0.05) is 32.6 Å². The minimum absolute atomic E-state index is 0.326. The molecule has 3 atom stereocenters. The highest BCUT2D eigenvalue weighted by molar-refractivity contribution is 7.85. The van der Waals surface area contributed by atoms with Gasteiger partial charge in [0.05, 0.1) is 11.9 Å². The minimum Gasteiger partial charge on any atom is -0.384 e. The zero-order valence-electron chi connectivity index (χ0n) is 12.0. The predicted molar refractivity (Wildman–Crippen MR) is 78.5 cm³/mol. The molecule has 18 heavy (non-hydrogen) atoms. The van der Waals surface area contributed by atoms with Crippen molar-refractivity contribution in [3.05, 3.63) is 0 Å². The fourth-order valence-corrected chi connectivity index (χ4v) is 4.31. The molecule has 1 aliphatic rings. The van der Waals surface area contributed by atoms with E-state index in [0.717, 1.165) is 19.4 Å². The van der Waals surface area contributed by atoms with Crippen LogP contribution in [-0.4, -0.2) is 41.5 Å². The Morgan fingerprint density at radius 2 is 1.94 bits per heavy atom. The van der Waals surface area contributed by atoms with Gasteiger partial charge >= 0.3 is 0 Å². The number of hydrogen-bond acceptors (Lipinski definition) is 3. The Kier molecular flexibility index (Phi) is 8.90. The Morgan fingerprint density at radius 3 is 2.61 bits per heavy atom. The molecule has 0 aliphatic heterocycles. The highest BCUT2D eigenvalue weighted by atomic mass is 32.2. The molecular formula is C14H29NO2S. The largest absolute Gasteiger partial charge is 0.384 e. The molecule has 4 heteroatoms. The normalized spacial score (nSPS) is 27.4. The van der Waals surface area contributed by atoms with Gasteiger partial charge in [0.1, 0.15) is 0 Å². The number of hydrogen-bond donors (Lipinski definition) is 1. The van der Waals surface area contributed by atoms with Crippen LogP contribution < -0.4 is 5.32 Å². The molecule has 3 unspecified atom stereocenters. The van der Waals surface area contributed by atoms with Gasteiger partial charge in [-0.25, -0.2) is 0 Å². The molecule has 108 valence electrons. The Hall–Kier alpha value is 0.0700. The second kappa shape index (κ2) is 9.93. The van der Waals surface area contributed by atoms with E-state index in [1.807, 2.05) is 0 Å². The van der Waals surface area contributed by atoms with E-state index in [1.165, 1.54) is 32.1 Å². The summed E-state index contributed by atoms with van der Waals surface area (Å²) < 4.78 is 17.4. The van der Waals surface area contributed by atoms with E-state index < -0.39 is 10.8 Å². The van der Waals surface area contributed by atoms with Crippen molar-refractivity contribution < 1.29 is 8.95 Å². The van der Waals surface area contributed by atoms with Gasteiger partial charge in [0.2, 0.25) is 0 Å². The maximum Gasteiger partial charge on any atom is 0.0577 e. The molecule has 0 radical (unpaired) electrons. The Bertz CT molecular complexity index is 234. The Labute approximate surface area is 115 Å². The van der Waals surface area contributed by atoms with E-state index in [4.69, 9.17) is 4.74 Å². The fourth-order valence-electron chi connectivity index (χ4n) is 2.65. The lowest BCUT2D eigenvalue weighted by atomic mass is 9.96. The van der Waals surface area contributed by atoms with Crippen LogP contribution in [0.3, 0.4) is 0 Å².